The zero-order valence-electron chi connectivity index (χ0n) is 19.7. The molecule has 188 valence electrons. The average molecular weight is 574 g/mol. The van der Waals surface area contributed by atoms with Crippen LogP contribution in [0.3, 0.4) is 0 Å². The topological polar surface area (TPSA) is 105 Å². The van der Waals surface area contributed by atoms with Crippen molar-refractivity contribution in [1.29, 1.82) is 0 Å². The predicted octanol–water partition coefficient (Wildman–Crippen LogP) is -0.853. The highest BCUT2D eigenvalue weighted by Gasteiger charge is 2.28. The third-order valence-electron chi connectivity index (χ3n) is 6.20. The molecular formula is C24H24BrN5O5S. The van der Waals surface area contributed by atoms with E-state index in [2.05, 4.69) is 44.5 Å². The van der Waals surface area contributed by atoms with E-state index in [0.717, 1.165) is 46.5 Å². The Bertz CT molecular complexity index is 1430. The minimum absolute atomic E-state index is 0. The number of pyridine rings is 1. The van der Waals surface area contributed by atoms with Crippen LogP contribution in [0.5, 0.6) is 23.0 Å². The summed E-state index contributed by atoms with van der Waals surface area (Å²) in [4.78, 5) is 0. The van der Waals surface area contributed by atoms with Gasteiger partial charge < -0.3 is 41.0 Å². The zero-order chi connectivity index (χ0) is 23.9. The Kier molecular flexibility index (Phi) is 6.91. The molecule has 36 heavy (non-hydrogen) atoms. The van der Waals surface area contributed by atoms with Crippen LogP contribution in [-0.4, -0.2) is 57.7 Å². The molecular weight excluding hydrogens is 550 g/mol. The highest BCUT2D eigenvalue weighted by Crippen LogP contribution is 2.41. The number of hydrogen-bond donors (Lipinski definition) is 1. The van der Waals surface area contributed by atoms with E-state index < -0.39 is 6.10 Å². The lowest BCUT2D eigenvalue weighted by molar-refractivity contribution is -0.686. The number of aromatic nitrogens is 5. The van der Waals surface area contributed by atoms with Crippen molar-refractivity contribution in [2.24, 2.45) is 7.05 Å². The summed E-state index contributed by atoms with van der Waals surface area (Å²) in [5.74, 6) is 3.22. The van der Waals surface area contributed by atoms with Crippen LogP contribution in [0.2, 0.25) is 0 Å². The van der Waals surface area contributed by atoms with E-state index in [1.807, 2.05) is 12.1 Å². The van der Waals surface area contributed by atoms with E-state index in [-0.39, 0.29) is 30.4 Å². The third-order valence-corrected chi connectivity index (χ3v) is 7.36. The van der Waals surface area contributed by atoms with E-state index in [9.17, 15) is 5.11 Å². The van der Waals surface area contributed by atoms with Gasteiger partial charge in [-0.05, 0) is 45.6 Å². The minimum Gasteiger partial charge on any atom is -1.00 e. The van der Waals surface area contributed by atoms with E-state index in [1.165, 1.54) is 17.3 Å². The van der Waals surface area contributed by atoms with Crippen LogP contribution in [0.15, 0.2) is 41.7 Å². The molecule has 2 aliphatic heterocycles. The summed E-state index contributed by atoms with van der Waals surface area (Å²) >= 11 is 1.37. The van der Waals surface area contributed by atoms with Crippen LogP contribution >= 0.6 is 11.8 Å². The quantitative estimate of drug-likeness (QED) is 0.223. The molecule has 0 spiro atoms. The second kappa shape index (κ2) is 10.1. The van der Waals surface area contributed by atoms with Crippen LogP contribution in [0.1, 0.15) is 5.56 Å². The number of aliphatic hydroxyl groups is 1. The number of thioether (sulfide) groups is 1. The molecule has 4 aromatic rings. The predicted molar refractivity (Wildman–Crippen MR) is 127 cm³/mol. The molecule has 0 radical (unpaired) electrons. The maximum Gasteiger partial charge on any atom is 0.231 e. The smallest absolute Gasteiger partial charge is 0.231 e. The first kappa shape index (κ1) is 24.6. The van der Waals surface area contributed by atoms with Gasteiger partial charge in [0, 0.05) is 25.3 Å². The largest absolute Gasteiger partial charge is 1.00 e. The Morgan fingerprint density at radius 2 is 2.06 bits per heavy atom. The van der Waals surface area contributed by atoms with Crippen molar-refractivity contribution >= 4 is 22.5 Å². The summed E-state index contributed by atoms with van der Waals surface area (Å²) in [6, 6.07) is 10.2. The number of benzene rings is 2. The number of aliphatic hydroxyl groups excluding tert-OH is 1. The first-order valence-corrected chi connectivity index (χ1v) is 12.2. The number of fused-ring (bicyclic) bond motifs is 5. The Hall–Kier alpha value is -3.09. The summed E-state index contributed by atoms with van der Waals surface area (Å²) in [5.41, 5.74) is 3.51. The average Bonchev–Trinajstić information content (AvgIpc) is 3.51. The molecule has 0 amide bonds. The highest BCUT2D eigenvalue weighted by molar-refractivity contribution is 7.99. The van der Waals surface area contributed by atoms with Crippen molar-refractivity contribution in [2.45, 2.75) is 24.2 Å². The molecule has 0 aliphatic carbocycles. The molecule has 2 aromatic carbocycles. The van der Waals surface area contributed by atoms with Crippen LogP contribution in [-0.2, 0) is 20.0 Å². The molecule has 1 unspecified atom stereocenters. The summed E-state index contributed by atoms with van der Waals surface area (Å²) in [5, 5.41) is 24.4. The molecule has 10 nitrogen and oxygen atoms in total. The van der Waals surface area contributed by atoms with Gasteiger partial charge in [-0.25, -0.2) is 4.68 Å². The van der Waals surface area contributed by atoms with Crippen LogP contribution in [0.4, 0.5) is 0 Å². The summed E-state index contributed by atoms with van der Waals surface area (Å²) < 4.78 is 26.7. The number of aryl methyl sites for hydroxylation is 3. The number of hydrogen-bond acceptors (Lipinski definition) is 9. The van der Waals surface area contributed by atoms with Gasteiger partial charge in [0.2, 0.25) is 17.6 Å². The normalized spacial score (nSPS) is 14.1. The number of rotatable bonds is 7. The van der Waals surface area contributed by atoms with Gasteiger partial charge in [0.15, 0.2) is 35.7 Å². The first-order chi connectivity index (χ1) is 17.1. The van der Waals surface area contributed by atoms with Crippen molar-refractivity contribution in [3.63, 3.8) is 0 Å². The maximum atomic E-state index is 10.5. The second-order valence-corrected chi connectivity index (χ2v) is 9.41. The zero-order valence-corrected chi connectivity index (χ0v) is 22.1. The SMILES string of the molecule is COc1ccc2cc3[n+](cc2c1OCC(O)CSc1nnnn1C)CCc1cc2c(cc1-3)OCO2.[Br-]. The van der Waals surface area contributed by atoms with E-state index in [4.69, 9.17) is 18.9 Å². The van der Waals surface area contributed by atoms with Gasteiger partial charge >= 0.3 is 0 Å². The van der Waals surface area contributed by atoms with E-state index >= 15 is 0 Å². The maximum absolute atomic E-state index is 10.5. The first-order valence-electron chi connectivity index (χ1n) is 11.2. The molecule has 1 N–H and O–H groups in total. The van der Waals surface area contributed by atoms with Gasteiger partial charge in [-0.1, -0.05) is 11.8 Å². The molecule has 0 saturated carbocycles. The summed E-state index contributed by atoms with van der Waals surface area (Å²) in [6.07, 6.45) is 2.28. The second-order valence-electron chi connectivity index (χ2n) is 8.43. The van der Waals surface area contributed by atoms with Crippen molar-refractivity contribution in [3.8, 4) is 34.3 Å². The standard InChI is InChI=1S/C24H24N5O5S.BrH/c1-28-24(25-26-27-28)35-12-16(30)11-32-23-18-10-29-6-5-15-8-21-22(34-13-33-21)9-17(15)19(29)7-14(18)3-4-20(23)31-2;/h3-4,7-10,16,30H,5-6,11-13H2,1-2H3;1H/q+1;/p-1. The number of methoxy groups -OCH3 is 1. The Balaban J connectivity index is 0.00000267. The molecule has 4 heterocycles. The monoisotopic (exact) mass is 573 g/mol. The molecule has 0 fully saturated rings. The molecule has 0 bridgehead atoms. The summed E-state index contributed by atoms with van der Waals surface area (Å²) in [6.45, 7) is 1.21. The van der Waals surface area contributed by atoms with Crippen molar-refractivity contribution in [3.05, 3.63) is 42.1 Å². The number of tetrazole rings is 1. The lowest BCUT2D eigenvalue weighted by atomic mass is 9.95. The minimum atomic E-state index is -0.710. The number of nitrogens with zero attached hydrogens (tertiary/aromatic N) is 5. The van der Waals surface area contributed by atoms with E-state index in [0.29, 0.717) is 22.4 Å². The lowest BCUT2D eigenvalue weighted by Gasteiger charge is -2.18. The van der Waals surface area contributed by atoms with Crippen molar-refractivity contribution < 1.29 is 45.6 Å². The lowest BCUT2D eigenvalue weighted by Crippen LogP contribution is -3.00. The Labute approximate surface area is 221 Å². The number of ether oxygens (including phenoxy) is 4. The van der Waals surface area contributed by atoms with Crippen LogP contribution < -0.4 is 40.5 Å². The van der Waals surface area contributed by atoms with Crippen LogP contribution in [0.25, 0.3) is 22.0 Å². The van der Waals surface area contributed by atoms with Gasteiger partial charge in [0.05, 0.1) is 24.2 Å². The fourth-order valence-electron chi connectivity index (χ4n) is 4.45. The van der Waals surface area contributed by atoms with Gasteiger partial charge in [-0.15, -0.1) is 5.10 Å². The molecule has 1 atom stereocenters. The number of halogens is 1. The van der Waals surface area contributed by atoms with Crippen molar-refractivity contribution in [2.75, 3.05) is 26.3 Å². The molecule has 12 heteroatoms. The van der Waals surface area contributed by atoms with Crippen LogP contribution in [0, 0.1) is 0 Å². The van der Waals surface area contributed by atoms with Crippen molar-refractivity contribution in [1.82, 2.24) is 20.2 Å². The van der Waals surface area contributed by atoms with Gasteiger partial charge in [0.25, 0.3) is 0 Å². The molecule has 6 rings (SSSR count). The molecule has 2 aromatic heterocycles. The molecule has 0 saturated heterocycles. The Morgan fingerprint density at radius 3 is 2.83 bits per heavy atom. The third kappa shape index (κ3) is 4.44. The van der Waals surface area contributed by atoms with E-state index in [1.54, 1.807) is 18.8 Å². The van der Waals surface area contributed by atoms with Gasteiger partial charge in [0.1, 0.15) is 6.61 Å². The molecule has 2 aliphatic rings. The fourth-order valence-corrected chi connectivity index (χ4v) is 5.20. The highest BCUT2D eigenvalue weighted by atomic mass is 79.9. The Morgan fingerprint density at radius 1 is 1.22 bits per heavy atom. The summed E-state index contributed by atoms with van der Waals surface area (Å²) in [7, 11) is 3.38. The van der Waals surface area contributed by atoms with Gasteiger partial charge in [-0.3, -0.25) is 0 Å². The van der Waals surface area contributed by atoms with Gasteiger partial charge in [-0.2, -0.15) is 4.57 Å². The fraction of sp³-hybridized carbons (Fsp3) is 0.333.